The van der Waals surface area contributed by atoms with Gasteiger partial charge in [-0.05, 0) is 38.2 Å². The topological polar surface area (TPSA) is 32.3 Å². The summed E-state index contributed by atoms with van der Waals surface area (Å²) in [5.74, 6) is 0.282. The maximum Gasteiger partial charge on any atom is 0.227 e. The molecule has 0 radical (unpaired) electrons. The number of piperidine rings is 1. The molecule has 20 heavy (non-hydrogen) atoms. The molecule has 2 saturated heterocycles. The Balaban J connectivity index is 1.65. The lowest BCUT2D eigenvalue weighted by Crippen LogP contribution is -2.50. The number of likely N-dealkylation sites (N-methyl/N-ethyl adjacent to an activating group) is 1. The Morgan fingerprint density at radius 3 is 2.45 bits per heavy atom. The number of fused-ring (bicyclic) bond motifs is 2. The zero-order chi connectivity index (χ0) is 13.9. The zero-order valence-corrected chi connectivity index (χ0v) is 12.2. The quantitative estimate of drug-likeness (QED) is 0.912. The monoisotopic (exact) mass is 272 g/mol. The molecule has 0 saturated carbocycles. The standard InChI is InChI=1S/C17H24N2O/c1-2-19(16-11-14-8-9-15(12-16)18-14)17(20)10-13-6-4-3-5-7-13/h3-7,14-16,18H,2,8-12H2,1H3. The average molecular weight is 272 g/mol. The number of benzene rings is 1. The Bertz CT molecular complexity index is 447. The number of rotatable bonds is 4. The van der Waals surface area contributed by atoms with Crippen LogP contribution in [0.2, 0.25) is 0 Å². The molecule has 2 aliphatic rings. The second-order valence-electron chi connectivity index (χ2n) is 6.11. The predicted octanol–water partition coefficient (Wildman–Crippen LogP) is 2.36. The fourth-order valence-corrected chi connectivity index (χ4v) is 3.79. The number of hydrogen-bond donors (Lipinski definition) is 1. The van der Waals surface area contributed by atoms with Crippen LogP contribution < -0.4 is 5.32 Å². The summed E-state index contributed by atoms with van der Waals surface area (Å²) in [6, 6.07) is 11.8. The van der Waals surface area contributed by atoms with E-state index in [1.165, 1.54) is 12.8 Å². The van der Waals surface area contributed by atoms with E-state index in [-0.39, 0.29) is 5.91 Å². The van der Waals surface area contributed by atoms with E-state index in [1.807, 2.05) is 30.3 Å². The van der Waals surface area contributed by atoms with Gasteiger partial charge in [0.25, 0.3) is 0 Å². The maximum atomic E-state index is 12.6. The van der Waals surface area contributed by atoms with Crippen LogP contribution in [0.25, 0.3) is 0 Å². The summed E-state index contributed by atoms with van der Waals surface area (Å²) in [7, 11) is 0. The molecule has 0 aliphatic carbocycles. The van der Waals surface area contributed by atoms with Crippen LogP contribution in [-0.4, -0.2) is 35.5 Å². The van der Waals surface area contributed by atoms with Crippen molar-refractivity contribution in [3.8, 4) is 0 Å². The fraction of sp³-hybridized carbons (Fsp3) is 0.588. The van der Waals surface area contributed by atoms with Crippen LogP contribution in [0, 0.1) is 0 Å². The second-order valence-corrected chi connectivity index (χ2v) is 6.11. The lowest BCUT2D eigenvalue weighted by molar-refractivity contribution is -0.133. The summed E-state index contributed by atoms with van der Waals surface area (Å²) in [5, 5.41) is 3.65. The van der Waals surface area contributed by atoms with Gasteiger partial charge in [-0.1, -0.05) is 30.3 Å². The molecule has 3 rings (SSSR count). The van der Waals surface area contributed by atoms with Crippen molar-refractivity contribution in [2.45, 2.75) is 57.2 Å². The minimum absolute atomic E-state index is 0.282. The van der Waals surface area contributed by atoms with Crippen LogP contribution in [0.1, 0.15) is 38.2 Å². The van der Waals surface area contributed by atoms with Crippen molar-refractivity contribution in [3.05, 3.63) is 35.9 Å². The SMILES string of the molecule is CCN(C(=O)Cc1ccccc1)C1CC2CCC(C1)N2. The lowest BCUT2D eigenvalue weighted by atomic mass is 9.97. The first-order valence-electron chi connectivity index (χ1n) is 7.85. The van der Waals surface area contributed by atoms with E-state index in [4.69, 9.17) is 0 Å². The van der Waals surface area contributed by atoms with Crippen LogP contribution >= 0.6 is 0 Å². The Morgan fingerprint density at radius 1 is 1.20 bits per heavy atom. The molecule has 1 aromatic carbocycles. The van der Waals surface area contributed by atoms with Gasteiger partial charge in [0, 0.05) is 24.7 Å². The summed E-state index contributed by atoms with van der Waals surface area (Å²) < 4.78 is 0. The van der Waals surface area contributed by atoms with Gasteiger partial charge in [0.05, 0.1) is 6.42 Å². The highest BCUT2D eigenvalue weighted by Gasteiger charge is 2.36. The van der Waals surface area contributed by atoms with Crippen molar-refractivity contribution in [1.29, 1.82) is 0 Å². The summed E-state index contributed by atoms with van der Waals surface area (Å²) in [6.07, 6.45) is 5.36. The number of carbonyl (C=O) groups excluding carboxylic acids is 1. The van der Waals surface area contributed by atoms with Crippen LogP contribution in [0.15, 0.2) is 30.3 Å². The third-order valence-electron chi connectivity index (χ3n) is 4.75. The van der Waals surface area contributed by atoms with Gasteiger partial charge in [0.15, 0.2) is 0 Å². The number of nitrogens with one attached hydrogen (secondary N) is 1. The van der Waals surface area contributed by atoms with E-state index in [0.29, 0.717) is 24.5 Å². The third-order valence-corrected chi connectivity index (χ3v) is 4.75. The lowest BCUT2D eigenvalue weighted by Gasteiger charge is -2.37. The van der Waals surface area contributed by atoms with Gasteiger partial charge in [-0.3, -0.25) is 4.79 Å². The minimum Gasteiger partial charge on any atom is -0.340 e. The molecule has 3 nitrogen and oxygen atoms in total. The van der Waals surface area contributed by atoms with Crippen LogP contribution in [0.4, 0.5) is 0 Å². The first kappa shape index (κ1) is 13.6. The number of carbonyl (C=O) groups is 1. The van der Waals surface area contributed by atoms with Gasteiger partial charge in [-0.25, -0.2) is 0 Å². The van der Waals surface area contributed by atoms with Crippen molar-refractivity contribution in [1.82, 2.24) is 10.2 Å². The molecule has 3 heteroatoms. The van der Waals surface area contributed by atoms with E-state index in [1.54, 1.807) is 0 Å². The van der Waals surface area contributed by atoms with Crippen molar-refractivity contribution in [2.24, 2.45) is 0 Å². The van der Waals surface area contributed by atoms with Gasteiger partial charge in [0.2, 0.25) is 5.91 Å². The molecule has 0 aromatic heterocycles. The van der Waals surface area contributed by atoms with Crippen molar-refractivity contribution in [2.75, 3.05) is 6.54 Å². The van der Waals surface area contributed by atoms with Crippen molar-refractivity contribution in [3.63, 3.8) is 0 Å². The molecule has 0 spiro atoms. The van der Waals surface area contributed by atoms with Crippen LogP contribution in [-0.2, 0) is 11.2 Å². The first-order chi connectivity index (χ1) is 9.76. The number of hydrogen-bond acceptors (Lipinski definition) is 2. The molecule has 108 valence electrons. The molecular formula is C17H24N2O. The van der Waals surface area contributed by atoms with Crippen molar-refractivity contribution < 1.29 is 4.79 Å². The molecule has 1 aromatic rings. The summed E-state index contributed by atoms with van der Waals surface area (Å²) >= 11 is 0. The average Bonchev–Trinajstić information content (AvgIpc) is 2.80. The number of amides is 1. The van der Waals surface area contributed by atoms with E-state index in [9.17, 15) is 4.79 Å². The fourth-order valence-electron chi connectivity index (χ4n) is 3.79. The van der Waals surface area contributed by atoms with Crippen molar-refractivity contribution >= 4 is 5.91 Å². The van der Waals surface area contributed by atoms with Gasteiger partial charge in [-0.15, -0.1) is 0 Å². The van der Waals surface area contributed by atoms with E-state index < -0.39 is 0 Å². The maximum absolute atomic E-state index is 12.6. The van der Waals surface area contributed by atoms with Crippen LogP contribution in [0.3, 0.4) is 0 Å². The van der Waals surface area contributed by atoms with E-state index >= 15 is 0 Å². The molecule has 2 heterocycles. The smallest absolute Gasteiger partial charge is 0.227 e. The van der Waals surface area contributed by atoms with E-state index in [2.05, 4.69) is 17.1 Å². The number of nitrogens with zero attached hydrogens (tertiary/aromatic N) is 1. The molecule has 2 bridgehead atoms. The Morgan fingerprint density at radius 2 is 1.85 bits per heavy atom. The summed E-state index contributed by atoms with van der Waals surface area (Å²) in [6.45, 7) is 2.93. The van der Waals surface area contributed by atoms with Gasteiger partial charge < -0.3 is 10.2 Å². The molecule has 2 fully saturated rings. The Labute approximate surface area is 121 Å². The van der Waals surface area contributed by atoms with E-state index in [0.717, 1.165) is 24.9 Å². The third kappa shape index (κ3) is 2.88. The molecule has 1 amide bonds. The Kier molecular flexibility index (Phi) is 4.06. The van der Waals surface area contributed by atoms with Gasteiger partial charge in [-0.2, -0.15) is 0 Å². The summed E-state index contributed by atoms with van der Waals surface area (Å²) in [5.41, 5.74) is 1.12. The Hall–Kier alpha value is -1.35. The zero-order valence-electron chi connectivity index (χ0n) is 12.2. The second kappa shape index (κ2) is 5.96. The highest BCUT2D eigenvalue weighted by molar-refractivity contribution is 5.79. The minimum atomic E-state index is 0.282. The predicted molar refractivity (Wildman–Crippen MR) is 80.5 cm³/mol. The van der Waals surface area contributed by atoms with Gasteiger partial charge >= 0.3 is 0 Å². The first-order valence-corrected chi connectivity index (χ1v) is 7.85. The van der Waals surface area contributed by atoms with Gasteiger partial charge in [0.1, 0.15) is 0 Å². The molecule has 1 N–H and O–H groups in total. The molecule has 2 atom stereocenters. The normalized spacial score (nSPS) is 28.4. The molecular weight excluding hydrogens is 248 g/mol. The molecule has 2 unspecified atom stereocenters. The highest BCUT2D eigenvalue weighted by Crippen LogP contribution is 2.30. The van der Waals surface area contributed by atoms with Crippen LogP contribution in [0.5, 0.6) is 0 Å². The largest absolute Gasteiger partial charge is 0.340 e. The highest BCUT2D eigenvalue weighted by atomic mass is 16.2. The molecule has 2 aliphatic heterocycles. The summed E-state index contributed by atoms with van der Waals surface area (Å²) in [4.78, 5) is 14.7.